The predicted octanol–water partition coefficient (Wildman–Crippen LogP) is 4.04. The number of anilines is 1. The van der Waals surface area contributed by atoms with Gasteiger partial charge in [-0.2, -0.15) is 0 Å². The third-order valence-corrected chi connectivity index (χ3v) is 7.02. The minimum Gasteiger partial charge on any atom is -0.491 e. The zero-order chi connectivity index (χ0) is 24.9. The van der Waals surface area contributed by atoms with Crippen molar-refractivity contribution in [3.05, 3.63) is 59.7 Å². The number of benzene rings is 2. The number of hydrogen-bond acceptors (Lipinski definition) is 5. The Balaban J connectivity index is 1.62. The van der Waals surface area contributed by atoms with Gasteiger partial charge in [-0.25, -0.2) is 0 Å². The van der Waals surface area contributed by atoms with Gasteiger partial charge in [-0.1, -0.05) is 37.3 Å². The molecule has 1 aliphatic heterocycles. The van der Waals surface area contributed by atoms with Crippen LogP contribution >= 0.6 is 0 Å². The molecular formula is C28H37N3O4. The SMILES string of the molecule is CO[C@@H]1CN(C)C(=O)c2ccc(NC(=O)C3CC3)cc2OC[C@H](C)N(Cc2ccccc2)C[C@@H]1C. The number of rotatable bonds is 5. The maximum absolute atomic E-state index is 13.4. The maximum atomic E-state index is 13.4. The van der Waals surface area contributed by atoms with E-state index in [9.17, 15) is 9.59 Å². The molecule has 1 aliphatic carbocycles. The van der Waals surface area contributed by atoms with Crippen molar-refractivity contribution >= 4 is 17.5 Å². The van der Waals surface area contributed by atoms with E-state index in [1.807, 2.05) is 6.07 Å². The first-order chi connectivity index (χ1) is 16.9. The van der Waals surface area contributed by atoms with E-state index in [1.165, 1.54) is 5.56 Å². The zero-order valence-corrected chi connectivity index (χ0v) is 21.2. The molecule has 1 fully saturated rings. The van der Waals surface area contributed by atoms with Crippen molar-refractivity contribution in [2.24, 2.45) is 11.8 Å². The fraction of sp³-hybridized carbons (Fsp3) is 0.500. The van der Waals surface area contributed by atoms with Crippen molar-refractivity contribution < 1.29 is 19.1 Å². The van der Waals surface area contributed by atoms with Gasteiger partial charge < -0.3 is 19.7 Å². The largest absolute Gasteiger partial charge is 0.491 e. The minimum atomic E-state index is -0.122. The van der Waals surface area contributed by atoms with E-state index in [0.717, 1.165) is 25.9 Å². The first-order valence-electron chi connectivity index (χ1n) is 12.5. The van der Waals surface area contributed by atoms with Crippen LogP contribution < -0.4 is 10.1 Å². The molecule has 0 bridgehead atoms. The Kier molecular flexibility index (Phi) is 8.08. The molecule has 2 amide bonds. The lowest BCUT2D eigenvalue weighted by Crippen LogP contribution is -2.46. The van der Waals surface area contributed by atoms with Gasteiger partial charge in [0.2, 0.25) is 5.91 Å². The molecule has 1 saturated carbocycles. The highest BCUT2D eigenvalue weighted by atomic mass is 16.5. The lowest BCUT2D eigenvalue weighted by atomic mass is 10.0. The second-order valence-electron chi connectivity index (χ2n) is 9.99. The van der Waals surface area contributed by atoms with Gasteiger partial charge in [0.15, 0.2) is 0 Å². The lowest BCUT2D eigenvalue weighted by Gasteiger charge is -2.36. The number of carbonyl (C=O) groups is 2. The van der Waals surface area contributed by atoms with Gasteiger partial charge in [0.1, 0.15) is 12.4 Å². The number of fused-ring (bicyclic) bond motifs is 1. The second kappa shape index (κ2) is 11.2. The van der Waals surface area contributed by atoms with E-state index in [-0.39, 0.29) is 35.8 Å². The number of nitrogens with one attached hydrogen (secondary N) is 1. The molecule has 0 unspecified atom stereocenters. The Hall–Kier alpha value is -2.90. The van der Waals surface area contributed by atoms with Crippen LogP contribution in [0.2, 0.25) is 0 Å². The molecule has 7 heteroatoms. The molecular weight excluding hydrogens is 442 g/mol. The van der Waals surface area contributed by atoms with Gasteiger partial charge >= 0.3 is 0 Å². The molecule has 1 N–H and O–H groups in total. The highest BCUT2D eigenvalue weighted by Crippen LogP contribution is 2.32. The highest BCUT2D eigenvalue weighted by Gasteiger charge is 2.31. The Bertz CT molecular complexity index is 1020. The average Bonchev–Trinajstić information content (AvgIpc) is 3.71. The standard InChI is InChI=1S/C28H37N3O4/c1-19-15-31(16-21-8-6-5-7-9-21)20(2)18-35-25-14-23(29-27(32)22-10-11-22)12-13-24(25)28(33)30(3)17-26(19)34-4/h5-9,12-14,19-20,22,26H,10-11,15-18H2,1-4H3,(H,29,32)/t19-,20-,26+/m0/s1. The summed E-state index contributed by atoms with van der Waals surface area (Å²) in [7, 11) is 3.51. The van der Waals surface area contributed by atoms with E-state index in [4.69, 9.17) is 9.47 Å². The number of carbonyl (C=O) groups excluding carboxylic acids is 2. The molecule has 3 atom stereocenters. The third kappa shape index (κ3) is 6.41. The topological polar surface area (TPSA) is 71.1 Å². The normalized spacial score (nSPS) is 24.1. The lowest BCUT2D eigenvalue weighted by molar-refractivity contribution is -0.117. The van der Waals surface area contributed by atoms with Crippen molar-refractivity contribution in [2.45, 2.75) is 45.4 Å². The van der Waals surface area contributed by atoms with E-state index in [0.29, 0.717) is 30.2 Å². The highest BCUT2D eigenvalue weighted by molar-refractivity contribution is 5.99. The summed E-state index contributed by atoms with van der Waals surface area (Å²) in [6, 6.07) is 15.8. The maximum Gasteiger partial charge on any atom is 0.257 e. The summed E-state index contributed by atoms with van der Waals surface area (Å²) in [5, 5.41) is 2.97. The fourth-order valence-electron chi connectivity index (χ4n) is 4.55. The van der Waals surface area contributed by atoms with Gasteiger partial charge in [0, 0.05) is 57.5 Å². The molecule has 0 saturated heterocycles. The molecule has 35 heavy (non-hydrogen) atoms. The zero-order valence-electron chi connectivity index (χ0n) is 21.2. The molecule has 4 rings (SSSR count). The van der Waals surface area contributed by atoms with Crippen LogP contribution in [0.3, 0.4) is 0 Å². The average molecular weight is 480 g/mol. The van der Waals surface area contributed by atoms with E-state index in [1.54, 1.807) is 37.3 Å². The summed E-state index contributed by atoms with van der Waals surface area (Å²) in [5.41, 5.74) is 2.38. The quantitative estimate of drug-likeness (QED) is 0.701. The predicted molar refractivity (Wildman–Crippen MR) is 137 cm³/mol. The molecule has 2 aromatic rings. The first kappa shape index (κ1) is 25.2. The Morgan fingerprint density at radius 3 is 2.54 bits per heavy atom. The number of hydrogen-bond donors (Lipinski definition) is 1. The van der Waals surface area contributed by atoms with Gasteiger partial charge in [-0.05, 0) is 43.4 Å². The van der Waals surface area contributed by atoms with Gasteiger partial charge in [-0.3, -0.25) is 14.5 Å². The van der Waals surface area contributed by atoms with Crippen LogP contribution in [0.5, 0.6) is 5.75 Å². The number of likely N-dealkylation sites (N-methyl/N-ethyl adjacent to an activating group) is 1. The van der Waals surface area contributed by atoms with Gasteiger partial charge in [0.05, 0.1) is 11.7 Å². The summed E-state index contributed by atoms with van der Waals surface area (Å²) in [6.45, 7) is 6.82. The Labute approximate surface area is 208 Å². The minimum absolute atomic E-state index is 0.0286. The first-order valence-corrected chi connectivity index (χ1v) is 12.5. The van der Waals surface area contributed by atoms with Crippen molar-refractivity contribution in [1.82, 2.24) is 9.80 Å². The molecule has 0 aromatic heterocycles. The molecule has 2 aromatic carbocycles. The molecule has 0 spiro atoms. The number of amides is 2. The number of ether oxygens (including phenoxy) is 2. The van der Waals surface area contributed by atoms with Gasteiger partial charge in [-0.15, -0.1) is 0 Å². The van der Waals surface area contributed by atoms with Crippen molar-refractivity contribution in [3.63, 3.8) is 0 Å². The summed E-state index contributed by atoms with van der Waals surface area (Å²) in [4.78, 5) is 29.7. The molecule has 7 nitrogen and oxygen atoms in total. The second-order valence-corrected chi connectivity index (χ2v) is 9.99. The summed E-state index contributed by atoms with van der Waals surface area (Å²) >= 11 is 0. The summed E-state index contributed by atoms with van der Waals surface area (Å²) in [6.07, 6.45) is 1.77. The fourth-order valence-corrected chi connectivity index (χ4v) is 4.55. The van der Waals surface area contributed by atoms with Crippen LogP contribution in [0.1, 0.15) is 42.6 Å². The van der Waals surface area contributed by atoms with Crippen LogP contribution in [0.25, 0.3) is 0 Å². The number of methoxy groups -OCH3 is 1. The Morgan fingerprint density at radius 1 is 1.11 bits per heavy atom. The number of nitrogens with zero attached hydrogens (tertiary/aromatic N) is 2. The van der Waals surface area contributed by atoms with E-state index < -0.39 is 0 Å². The van der Waals surface area contributed by atoms with Crippen LogP contribution in [0.15, 0.2) is 48.5 Å². The van der Waals surface area contributed by atoms with Crippen molar-refractivity contribution in [2.75, 3.05) is 39.2 Å². The van der Waals surface area contributed by atoms with Crippen LogP contribution in [-0.2, 0) is 16.1 Å². The van der Waals surface area contributed by atoms with Crippen LogP contribution in [-0.4, -0.2) is 67.6 Å². The van der Waals surface area contributed by atoms with E-state index in [2.05, 4.69) is 48.3 Å². The van der Waals surface area contributed by atoms with Crippen molar-refractivity contribution in [1.29, 1.82) is 0 Å². The van der Waals surface area contributed by atoms with E-state index >= 15 is 0 Å². The molecule has 188 valence electrons. The molecule has 0 radical (unpaired) electrons. The molecule has 1 heterocycles. The monoisotopic (exact) mass is 479 g/mol. The smallest absolute Gasteiger partial charge is 0.257 e. The van der Waals surface area contributed by atoms with Crippen LogP contribution in [0.4, 0.5) is 5.69 Å². The summed E-state index contributed by atoms with van der Waals surface area (Å²) < 4.78 is 12.1. The third-order valence-electron chi connectivity index (χ3n) is 7.02. The summed E-state index contributed by atoms with van der Waals surface area (Å²) in [5.74, 6) is 0.707. The van der Waals surface area contributed by atoms with Gasteiger partial charge in [0.25, 0.3) is 5.91 Å². The van der Waals surface area contributed by atoms with Crippen molar-refractivity contribution in [3.8, 4) is 5.75 Å². The van der Waals surface area contributed by atoms with Crippen LogP contribution in [0, 0.1) is 11.8 Å². The Morgan fingerprint density at radius 2 is 1.86 bits per heavy atom. The molecule has 2 aliphatic rings.